The Labute approximate surface area is 201 Å². The van der Waals surface area contributed by atoms with Gasteiger partial charge in [0.15, 0.2) is 0 Å². The number of rotatable bonds is 8. The smallest absolute Gasteiger partial charge is 0.410 e. The van der Waals surface area contributed by atoms with Crippen LogP contribution in [0.2, 0.25) is 0 Å². The van der Waals surface area contributed by atoms with E-state index >= 15 is 0 Å². The fraction of sp³-hybridized carbons (Fsp3) is 0.393. The van der Waals surface area contributed by atoms with Crippen molar-refractivity contribution in [2.24, 2.45) is 0 Å². The fourth-order valence-corrected chi connectivity index (χ4v) is 4.62. The van der Waals surface area contributed by atoms with E-state index < -0.39 is 0 Å². The first-order valence-corrected chi connectivity index (χ1v) is 12.2. The third-order valence-corrected chi connectivity index (χ3v) is 6.41. The lowest BCUT2D eigenvalue weighted by Gasteiger charge is -2.30. The molecule has 0 saturated heterocycles. The number of hydrogen-bond donors (Lipinski definition) is 0. The Kier molecular flexibility index (Phi) is 7.78. The van der Waals surface area contributed by atoms with Gasteiger partial charge in [0, 0.05) is 12.1 Å². The maximum atomic E-state index is 13.8. The number of unbranched alkanes of at least 4 members (excludes halogenated alkanes) is 3. The maximum absolute atomic E-state index is 13.8. The molecule has 0 atom stereocenters. The van der Waals surface area contributed by atoms with E-state index in [9.17, 15) is 9.59 Å². The number of ether oxygens (including phenoxy) is 1. The molecule has 0 spiro atoms. The molecule has 6 heteroatoms. The number of amides is 1. The lowest BCUT2D eigenvalue weighted by Crippen LogP contribution is -2.42. The van der Waals surface area contributed by atoms with Crippen LogP contribution in [0, 0.1) is 6.92 Å². The first-order chi connectivity index (χ1) is 16.6. The zero-order chi connectivity index (χ0) is 23.9. The molecule has 0 N–H and O–H groups in total. The van der Waals surface area contributed by atoms with Crippen LogP contribution in [0.1, 0.15) is 66.9 Å². The first kappa shape index (κ1) is 23.7. The van der Waals surface area contributed by atoms with E-state index in [0.717, 1.165) is 36.8 Å². The SMILES string of the molecule is CCCCCCOC(=O)N1CCc2c(nc(C)n(C(c3ccccc3)c3ccccc3)c2=O)C1. The van der Waals surface area contributed by atoms with Gasteiger partial charge in [0.25, 0.3) is 5.56 Å². The highest BCUT2D eigenvalue weighted by atomic mass is 16.6. The predicted molar refractivity (Wildman–Crippen MR) is 133 cm³/mol. The molecule has 0 radical (unpaired) electrons. The Balaban J connectivity index is 1.61. The van der Waals surface area contributed by atoms with Gasteiger partial charge in [-0.1, -0.05) is 86.8 Å². The average Bonchev–Trinajstić information content (AvgIpc) is 2.87. The molecular weight excluding hydrogens is 426 g/mol. The van der Waals surface area contributed by atoms with E-state index in [1.165, 1.54) is 0 Å². The normalized spacial score (nSPS) is 13.1. The Hall–Kier alpha value is -3.41. The van der Waals surface area contributed by atoms with Gasteiger partial charge in [-0.05, 0) is 30.9 Å². The van der Waals surface area contributed by atoms with E-state index in [2.05, 4.69) is 6.92 Å². The van der Waals surface area contributed by atoms with Crippen LogP contribution in [-0.4, -0.2) is 33.7 Å². The summed E-state index contributed by atoms with van der Waals surface area (Å²) in [6.45, 7) is 5.23. The number of hydrogen-bond acceptors (Lipinski definition) is 4. The van der Waals surface area contributed by atoms with Crippen molar-refractivity contribution in [1.29, 1.82) is 0 Å². The molecule has 0 saturated carbocycles. The minimum absolute atomic E-state index is 0.0345. The summed E-state index contributed by atoms with van der Waals surface area (Å²) < 4.78 is 7.25. The molecule has 1 aliphatic heterocycles. The molecule has 1 aromatic heterocycles. The van der Waals surface area contributed by atoms with Crippen molar-refractivity contribution >= 4 is 6.09 Å². The van der Waals surface area contributed by atoms with Crippen LogP contribution in [0.25, 0.3) is 0 Å². The lowest BCUT2D eigenvalue weighted by molar-refractivity contribution is 0.0953. The van der Waals surface area contributed by atoms with Crippen LogP contribution in [0.15, 0.2) is 65.5 Å². The van der Waals surface area contributed by atoms with Gasteiger partial charge in [0.05, 0.1) is 24.9 Å². The highest BCUT2D eigenvalue weighted by Gasteiger charge is 2.29. The molecular formula is C28H33N3O3. The predicted octanol–water partition coefficient (Wildman–Crippen LogP) is 5.26. The van der Waals surface area contributed by atoms with Gasteiger partial charge in [0.2, 0.25) is 0 Å². The number of aryl methyl sites for hydroxylation is 1. The van der Waals surface area contributed by atoms with Gasteiger partial charge in [-0.3, -0.25) is 9.36 Å². The summed E-state index contributed by atoms with van der Waals surface area (Å²) >= 11 is 0. The van der Waals surface area contributed by atoms with Gasteiger partial charge < -0.3 is 9.64 Å². The topological polar surface area (TPSA) is 64.4 Å². The second kappa shape index (κ2) is 11.1. The van der Waals surface area contributed by atoms with Gasteiger partial charge >= 0.3 is 6.09 Å². The molecule has 6 nitrogen and oxygen atoms in total. The molecule has 3 aromatic rings. The van der Waals surface area contributed by atoms with Crippen LogP contribution in [0.4, 0.5) is 4.79 Å². The largest absolute Gasteiger partial charge is 0.449 e. The van der Waals surface area contributed by atoms with Gasteiger partial charge in [0.1, 0.15) is 5.82 Å². The number of nitrogens with zero attached hydrogens (tertiary/aromatic N) is 3. The lowest BCUT2D eigenvalue weighted by atomic mass is 9.97. The first-order valence-electron chi connectivity index (χ1n) is 12.2. The fourth-order valence-electron chi connectivity index (χ4n) is 4.62. The molecule has 1 aliphatic rings. The third kappa shape index (κ3) is 5.22. The molecule has 0 aliphatic carbocycles. The average molecular weight is 460 g/mol. The van der Waals surface area contributed by atoms with Crippen molar-refractivity contribution in [3.63, 3.8) is 0 Å². The minimum atomic E-state index is -0.322. The highest BCUT2D eigenvalue weighted by molar-refractivity contribution is 5.68. The molecule has 2 aromatic carbocycles. The molecule has 1 amide bonds. The van der Waals surface area contributed by atoms with Crippen molar-refractivity contribution in [3.05, 3.63) is 99.2 Å². The summed E-state index contributed by atoms with van der Waals surface area (Å²) in [6, 6.07) is 19.8. The van der Waals surface area contributed by atoms with Gasteiger partial charge in [-0.15, -0.1) is 0 Å². The van der Waals surface area contributed by atoms with Crippen molar-refractivity contribution in [3.8, 4) is 0 Å². The molecule has 178 valence electrons. The minimum Gasteiger partial charge on any atom is -0.449 e. The summed E-state index contributed by atoms with van der Waals surface area (Å²) in [5.74, 6) is 0.635. The molecule has 4 rings (SSSR count). The summed E-state index contributed by atoms with van der Waals surface area (Å²) in [6.07, 6.45) is 4.40. The summed E-state index contributed by atoms with van der Waals surface area (Å²) in [5.41, 5.74) is 3.39. The van der Waals surface area contributed by atoms with Crippen molar-refractivity contribution < 1.29 is 9.53 Å². The van der Waals surface area contributed by atoms with Crippen LogP contribution in [0.3, 0.4) is 0 Å². The summed E-state index contributed by atoms with van der Waals surface area (Å²) in [5, 5.41) is 0. The zero-order valence-corrected chi connectivity index (χ0v) is 20.1. The summed E-state index contributed by atoms with van der Waals surface area (Å²) in [7, 11) is 0. The number of carbonyl (C=O) groups excluding carboxylic acids is 1. The molecule has 0 fully saturated rings. The molecule has 2 heterocycles. The van der Waals surface area contributed by atoms with E-state index in [1.807, 2.05) is 67.6 Å². The Bertz CT molecular complexity index is 1120. The number of benzene rings is 2. The van der Waals surface area contributed by atoms with Crippen LogP contribution in [0.5, 0.6) is 0 Å². The van der Waals surface area contributed by atoms with Crippen molar-refractivity contribution in [1.82, 2.24) is 14.5 Å². The van der Waals surface area contributed by atoms with E-state index in [0.29, 0.717) is 43.2 Å². The second-order valence-corrected chi connectivity index (χ2v) is 8.83. The Morgan fingerprint density at radius 3 is 2.26 bits per heavy atom. The zero-order valence-electron chi connectivity index (χ0n) is 20.1. The van der Waals surface area contributed by atoms with Gasteiger partial charge in [-0.2, -0.15) is 0 Å². The van der Waals surface area contributed by atoms with Gasteiger partial charge in [-0.25, -0.2) is 9.78 Å². The summed E-state index contributed by atoms with van der Waals surface area (Å²) in [4.78, 5) is 32.8. The number of carbonyl (C=O) groups is 1. The number of aromatic nitrogens is 2. The van der Waals surface area contributed by atoms with E-state index in [4.69, 9.17) is 9.72 Å². The number of fused-ring (bicyclic) bond motifs is 1. The maximum Gasteiger partial charge on any atom is 0.410 e. The Morgan fingerprint density at radius 2 is 1.65 bits per heavy atom. The third-order valence-electron chi connectivity index (χ3n) is 6.41. The van der Waals surface area contributed by atoms with Crippen LogP contribution in [-0.2, 0) is 17.7 Å². The van der Waals surface area contributed by atoms with E-state index in [1.54, 1.807) is 9.47 Å². The molecule has 0 unspecified atom stereocenters. The van der Waals surface area contributed by atoms with Crippen molar-refractivity contribution in [2.45, 2.75) is 58.5 Å². The Morgan fingerprint density at radius 1 is 1.00 bits per heavy atom. The molecule has 34 heavy (non-hydrogen) atoms. The van der Waals surface area contributed by atoms with Crippen LogP contribution >= 0.6 is 0 Å². The quantitative estimate of drug-likeness (QED) is 0.431. The monoisotopic (exact) mass is 459 g/mol. The van der Waals surface area contributed by atoms with Crippen LogP contribution < -0.4 is 5.56 Å². The second-order valence-electron chi connectivity index (χ2n) is 8.83. The molecule has 0 bridgehead atoms. The standard InChI is InChI=1S/C28H33N3O3/c1-3-4-5-12-19-34-28(33)30-18-17-24-25(20-30)29-21(2)31(27(24)32)26(22-13-8-6-9-14-22)23-15-10-7-11-16-23/h6-11,13-16,26H,3-5,12,17-20H2,1-2H3. The highest BCUT2D eigenvalue weighted by Crippen LogP contribution is 2.27. The van der Waals surface area contributed by atoms with E-state index in [-0.39, 0.29) is 17.7 Å². The van der Waals surface area contributed by atoms with Crippen molar-refractivity contribution in [2.75, 3.05) is 13.2 Å².